The summed E-state index contributed by atoms with van der Waals surface area (Å²) in [7, 11) is 1.64. The van der Waals surface area contributed by atoms with Crippen molar-refractivity contribution in [3.05, 3.63) is 52.2 Å². The number of amides is 2. The number of carbonyl (C=O) groups excluding carboxylic acids is 2. The maximum absolute atomic E-state index is 12.6. The number of aromatic nitrogens is 2. The van der Waals surface area contributed by atoms with Crippen LogP contribution in [0.15, 0.2) is 46.1 Å². The molecule has 2 aromatic heterocycles. The van der Waals surface area contributed by atoms with Gasteiger partial charge in [-0.15, -0.1) is 21.5 Å². The number of methoxy groups -OCH3 is 1. The smallest absolute Gasteiger partial charge is 0.264 e. The van der Waals surface area contributed by atoms with Crippen LogP contribution in [-0.4, -0.2) is 70.9 Å². The maximum Gasteiger partial charge on any atom is 0.264 e. The third-order valence-corrected chi connectivity index (χ3v) is 7.84. The van der Waals surface area contributed by atoms with Gasteiger partial charge in [0.15, 0.2) is 4.34 Å². The van der Waals surface area contributed by atoms with Gasteiger partial charge in [-0.3, -0.25) is 9.59 Å². The highest BCUT2D eigenvalue weighted by Gasteiger charge is 2.25. The normalized spacial score (nSPS) is 13.8. The summed E-state index contributed by atoms with van der Waals surface area (Å²) in [5, 5.41) is 14.2. The molecule has 0 atom stereocenters. The zero-order chi connectivity index (χ0) is 22.3. The third-order valence-electron chi connectivity index (χ3n) is 4.98. The predicted molar refractivity (Wildman–Crippen MR) is 128 cm³/mol. The molecular formula is C21H23N5O3S3. The number of piperazine rings is 1. The number of hydrogen-bond acceptors (Lipinski definition) is 9. The summed E-state index contributed by atoms with van der Waals surface area (Å²) in [5.74, 6) is 1.24. The number of benzene rings is 1. The van der Waals surface area contributed by atoms with Crippen LogP contribution in [0.4, 0.5) is 5.13 Å². The fraction of sp³-hybridized carbons (Fsp3) is 0.333. The maximum atomic E-state index is 12.6. The number of hydrogen-bond donors (Lipinski definition) is 1. The van der Waals surface area contributed by atoms with E-state index in [0.29, 0.717) is 38.5 Å². The molecule has 4 rings (SSSR count). The molecule has 11 heteroatoms. The number of ether oxygens (including phenoxy) is 1. The Morgan fingerprint density at radius 2 is 1.84 bits per heavy atom. The van der Waals surface area contributed by atoms with E-state index in [1.54, 1.807) is 7.11 Å². The summed E-state index contributed by atoms with van der Waals surface area (Å²) in [4.78, 5) is 29.4. The van der Waals surface area contributed by atoms with Gasteiger partial charge in [0.1, 0.15) is 5.75 Å². The van der Waals surface area contributed by atoms with Gasteiger partial charge in [-0.1, -0.05) is 41.3 Å². The molecule has 3 heterocycles. The minimum atomic E-state index is 0.0463. The monoisotopic (exact) mass is 489 g/mol. The largest absolute Gasteiger partial charge is 0.497 e. The van der Waals surface area contributed by atoms with Crippen molar-refractivity contribution in [1.29, 1.82) is 0 Å². The fourth-order valence-corrected chi connectivity index (χ4v) is 5.53. The number of thiophene rings is 1. The lowest BCUT2D eigenvalue weighted by molar-refractivity contribution is -0.129. The van der Waals surface area contributed by atoms with Crippen LogP contribution in [0.5, 0.6) is 5.75 Å². The van der Waals surface area contributed by atoms with E-state index in [4.69, 9.17) is 4.74 Å². The molecule has 0 spiro atoms. The van der Waals surface area contributed by atoms with Crippen molar-refractivity contribution in [3.63, 3.8) is 0 Å². The molecule has 0 saturated carbocycles. The average Bonchev–Trinajstić information content (AvgIpc) is 3.54. The molecule has 1 aromatic carbocycles. The van der Waals surface area contributed by atoms with Crippen LogP contribution < -0.4 is 10.1 Å². The molecule has 0 radical (unpaired) electrons. The first-order chi connectivity index (χ1) is 15.6. The van der Waals surface area contributed by atoms with Gasteiger partial charge in [-0.25, -0.2) is 0 Å². The lowest BCUT2D eigenvalue weighted by atomic mass is 10.2. The molecular weight excluding hydrogens is 466 g/mol. The zero-order valence-electron chi connectivity index (χ0n) is 17.5. The van der Waals surface area contributed by atoms with E-state index >= 15 is 0 Å². The molecule has 168 valence electrons. The topological polar surface area (TPSA) is 87.7 Å². The van der Waals surface area contributed by atoms with Crippen LogP contribution in [0.3, 0.4) is 0 Å². The summed E-state index contributed by atoms with van der Waals surface area (Å²) >= 11 is 4.27. The van der Waals surface area contributed by atoms with Crippen molar-refractivity contribution in [3.8, 4) is 5.75 Å². The molecule has 32 heavy (non-hydrogen) atoms. The van der Waals surface area contributed by atoms with Crippen LogP contribution in [0.25, 0.3) is 0 Å². The fourth-order valence-electron chi connectivity index (χ4n) is 3.19. The van der Waals surface area contributed by atoms with Crippen LogP contribution in [-0.2, 0) is 11.3 Å². The standard InChI is InChI=1S/C21H23N5O3S3/c1-29-16-6-4-15(5-7-16)13-22-20-23-24-21(32-20)31-14-18(27)25-8-10-26(11-9-25)19(28)17-3-2-12-30-17/h2-7,12H,8-11,13-14H2,1H3,(H,22,23). The first kappa shape index (κ1) is 22.6. The second-order valence-corrected chi connectivity index (χ2v) is 10.2. The minimum Gasteiger partial charge on any atom is -0.497 e. The Hall–Kier alpha value is -2.63. The van der Waals surface area contributed by atoms with Crippen molar-refractivity contribution >= 4 is 51.4 Å². The average molecular weight is 490 g/mol. The highest BCUT2D eigenvalue weighted by molar-refractivity contribution is 8.01. The van der Waals surface area contributed by atoms with E-state index in [2.05, 4.69) is 15.5 Å². The predicted octanol–water partition coefficient (Wildman–Crippen LogP) is 3.30. The Morgan fingerprint density at radius 3 is 2.53 bits per heavy atom. The highest BCUT2D eigenvalue weighted by Crippen LogP contribution is 2.26. The minimum absolute atomic E-state index is 0.0463. The van der Waals surface area contributed by atoms with Gasteiger partial charge in [0.2, 0.25) is 11.0 Å². The molecule has 8 nitrogen and oxygen atoms in total. The van der Waals surface area contributed by atoms with Gasteiger partial charge in [-0.05, 0) is 29.1 Å². The number of rotatable bonds is 8. The second-order valence-electron chi connectivity index (χ2n) is 7.01. The molecule has 0 unspecified atom stereocenters. The Morgan fingerprint density at radius 1 is 1.09 bits per heavy atom. The molecule has 2 amide bonds. The Kier molecular flexibility index (Phi) is 7.61. The molecule has 0 bridgehead atoms. The zero-order valence-corrected chi connectivity index (χ0v) is 20.0. The number of thioether (sulfide) groups is 1. The quantitative estimate of drug-likeness (QED) is 0.486. The summed E-state index contributed by atoms with van der Waals surface area (Å²) < 4.78 is 5.92. The van der Waals surface area contributed by atoms with Crippen molar-refractivity contribution in [2.24, 2.45) is 0 Å². The van der Waals surface area contributed by atoms with Crippen molar-refractivity contribution < 1.29 is 14.3 Å². The summed E-state index contributed by atoms with van der Waals surface area (Å²) in [6.07, 6.45) is 0. The number of anilines is 1. The van der Waals surface area contributed by atoms with Gasteiger partial charge >= 0.3 is 0 Å². The van der Waals surface area contributed by atoms with E-state index in [9.17, 15) is 9.59 Å². The molecule has 1 aliphatic heterocycles. The first-order valence-corrected chi connectivity index (χ1v) is 12.7. The SMILES string of the molecule is COc1ccc(CNc2nnc(SCC(=O)N3CCN(C(=O)c4cccs4)CC3)s2)cc1. The Bertz CT molecular complexity index is 1030. The summed E-state index contributed by atoms with van der Waals surface area (Å²) in [6, 6.07) is 11.5. The summed E-state index contributed by atoms with van der Waals surface area (Å²) in [6.45, 7) is 2.87. The van der Waals surface area contributed by atoms with Gasteiger partial charge in [0, 0.05) is 32.7 Å². The van der Waals surface area contributed by atoms with E-state index in [0.717, 1.165) is 25.7 Å². The van der Waals surface area contributed by atoms with E-state index in [-0.39, 0.29) is 11.8 Å². The first-order valence-electron chi connectivity index (χ1n) is 10.1. The number of nitrogens with one attached hydrogen (secondary N) is 1. The van der Waals surface area contributed by atoms with E-state index in [1.807, 2.05) is 51.6 Å². The second kappa shape index (κ2) is 10.8. The molecule has 1 saturated heterocycles. The number of carbonyl (C=O) groups is 2. The lowest BCUT2D eigenvalue weighted by Gasteiger charge is -2.34. The molecule has 1 aliphatic rings. The van der Waals surface area contributed by atoms with Crippen LogP contribution in [0.1, 0.15) is 15.2 Å². The lowest BCUT2D eigenvalue weighted by Crippen LogP contribution is -2.50. The van der Waals surface area contributed by atoms with Crippen molar-refractivity contribution in [2.45, 2.75) is 10.9 Å². The van der Waals surface area contributed by atoms with Crippen LogP contribution in [0, 0.1) is 0 Å². The van der Waals surface area contributed by atoms with Gasteiger partial charge in [0.05, 0.1) is 17.7 Å². The molecule has 1 fully saturated rings. The van der Waals surface area contributed by atoms with Gasteiger partial charge in [0.25, 0.3) is 5.91 Å². The Labute approximate surface area is 198 Å². The highest BCUT2D eigenvalue weighted by atomic mass is 32.2. The van der Waals surface area contributed by atoms with Crippen molar-refractivity contribution in [1.82, 2.24) is 20.0 Å². The Balaban J connectivity index is 1.19. The third kappa shape index (κ3) is 5.78. The van der Waals surface area contributed by atoms with Gasteiger partial charge < -0.3 is 19.9 Å². The van der Waals surface area contributed by atoms with Crippen LogP contribution >= 0.6 is 34.4 Å². The molecule has 1 N–H and O–H groups in total. The summed E-state index contributed by atoms with van der Waals surface area (Å²) in [5.41, 5.74) is 1.11. The van der Waals surface area contributed by atoms with Crippen LogP contribution in [0.2, 0.25) is 0 Å². The van der Waals surface area contributed by atoms with Crippen molar-refractivity contribution in [2.75, 3.05) is 44.4 Å². The van der Waals surface area contributed by atoms with E-state index in [1.165, 1.54) is 34.4 Å². The van der Waals surface area contributed by atoms with Gasteiger partial charge in [-0.2, -0.15) is 0 Å². The molecule has 0 aliphatic carbocycles. The molecule has 3 aromatic rings. The number of nitrogens with zero attached hydrogens (tertiary/aromatic N) is 4. The van der Waals surface area contributed by atoms with E-state index < -0.39 is 0 Å².